The van der Waals surface area contributed by atoms with Crippen LogP contribution in [0.5, 0.6) is 0 Å². The summed E-state index contributed by atoms with van der Waals surface area (Å²) in [5.41, 5.74) is 0. The monoisotopic (exact) mass is 242 g/mol. The Kier molecular flexibility index (Phi) is 4.08. The van der Waals surface area contributed by atoms with Crippen molar-refractivity contribution in [3.63, 3.8) is 0 Å². The van der Waals surface area contributed by atoms with Crippen LogP contribution in [0.4, 0.5) is 5.82 Å². The van der Waals surface area contributed by atoms with Crippen LogP contribution in [0.25, 0.3) is 0 Å². The van der Waals surface area contributed by atoms with Crippen LogP contribution in [-0.4, -0.2) is 39.9 Å². The maximum absolute atomic E-state index is 10.9. The lowest BCUT2D eigenvalue weighted by molar-refractivity contribution is -0.139. The molecule has 7 nitrogen and oxygen atoms in total. The van der Waals surface area contributed by atoms with Crippen LogP contribution in [-0.2, 0) is 9.59 Å². The number of aliphatic carboxylic acids is 2. The number of anilines is 1. The van der Waals surface area contributed by atoms with Crippen molar-refractivity contribution in [2.45, 2.75) is 26.3 Å². The van der Waals surface area contributed by atoms with Crippen molar-refractivity contribution >= 4 is 17.8 Å². The molecule has 0 aliphatic heterocycles. The van der Waals surface area contributed by atoms with Gasteiger partial charge in [-0.05, 0) is 13.8 Å². The minimum absolute atomic E-state index is 0.0643. The van der Waals surface area contributed by atoms with Gasteiger partial charge in [0.05, 0.1) is 6.42 Å². The largest absolute Gasteiger partial charge is 0.481 e. The Morgan fingerprint density at radius 1 is 1.53 bits per heavy atom. The van der Waals surface area contributed by atoms with Gasteiger partial charge in [-0.3, -0.25) is 4.79 Å². The molecule has 17 heavy (non-hydrogen) atoms. The molecule has 94 valence electrons. The topological polar surface area (TPSA) is 104 Å². The van der Waals surface area contributed by atoms with E-state index in [1.807, 2.05) is 0 Å². The van der Waals surface area contributed by atoms with E-state index >= 15 is 0 Å². The summed E-state index contributed by atoms with van der Waals surface area (Å²) in [6.07, 6.45) is -0.163. The summed E-state index contributed by atoms with van der Waals surface area (Å²) in [6, 6.07) is 0.709. The number of carbonyl (C=O) groups is 2. The molecule has 1 unspecified atom stereocenters. The molecule has 0 saturated carbocycles. The van der Waals surface area contributed by atoms with Crippen molar-refractivity contribution in [1.82, 2.24) is 5.16 Å². The number of aromatic nitrogens is 1. The molecule has 1 heterocycles. The van der Waals surface area contributed by atoms with Crippen molar-refractivity contribution in [3.05, 3.63) is 11.8 Å². The number of nitrogens with zero attached hydrogens (tertiary/aromatic N) is 2. The first-order chi connectivity index (χ1) is 7.91. The van der Waals surface area contributed by atoms with E-state index in [0.29, 0.717) is 11.6 Å². The second-order valence-electron chi connectivity index (χ2n) is 3.65. The van der Waals surface area contributed by atoms with Gasteiger partial charge < -0.3 is 19.6 Å². The van der Waals surface area contributed by atoms with Crippen LogP contribution in [0.15, 0.2) is 10.6 Å². The Hall–Kier alpha value is -2.05. The van der Waals surface area contributed by atoms with E-state index in [9.17, 15) is 9.59 Å². The standard InChI is InChI=1S/C10H14N2O5/c1-6-5-8(11-17-6)12(4-3-9(13)14)7(2)10(15)16/h5,7H,3-4H2,1-2H3,(H,13,14)(H,15,16). The molecule has 0 radical (unpaired) electrons. The Morgan fingerprint density at radius 2 is 2.18 bits per heavy atom. The molecule has 0 saturated heterocycles. The Balaban J connectivity index is 2.85. The zero-order valence-electron chi connectivity index (χ0n) is 9.58. The third-order valence-electron chi connectivity index (χ3n) is 2.30. The molecule has 0 aliphatic carbocycles. The number of hydrogen-bond donors (Lipinski definition) is 2. The van der Waals surface area contributed by atoms with E-state index < -0.39 is 18.0 Å². The van der Waals surface area contributed by atoms with Crippen molar-refractivity contribution < 1.29 is 24.3 Å². The summed E-state index contributed by atoms with van der Waals surface area (Å²) in [4.78, 5) is 22.8. The summed E-state index contributed by atoms with van der Waals surface area (Å²) in [7, 11) is 0. The molecule has 7 heteroatoms. The normalized spacial score (nSPS) is 12.1. The summed E-state index contributed by atoms with van der Waals surface area (Å²) in [5, 5.41) is 21.2. The van der Waals surface area contributed by atoms with Crippen LogP contribution in [0.1, 0.15) is 19.1 Å². The van der Waals surface area contributed by atoms with Crippen LogP contribution in [0.3, 0.4) is 0 Å². The second kappa shape index (κ2) is 5.33. The van der Waals surface area contributed by atoms with Gasteiger partial charge >= 0.3 is 11.9 Å². The van der Waals surface area contributed by atoms with E-state index in [1.54, 1.807) is 13.0 Å². The van der Waals surface area contributed by atoms with E-state index in [0.717, 1.165) is 0 Å². The third kappa shape index (κ3) is 3.47. The van der Waals surface area contributed by atoms with Gasteiger partial charge in [-0.2, -0.15) is 0 Å². The van der Waals surface area contributed by atoms with Crippen LogP contribution >= 0.6 is 0 Å². The number of carboxylic acid groups (broad SMARTS) is 2. The zero-order chi connectivity index (χ0) is 13.0. The minimum atomic E-state index is -1.05. The number of carboxylic acids is 2. The first kappa shape index (κ1) is 13.0. The minimum Gasteiger partial charge on any atom is -0.481 e. The van der Waals surface area contributed by atoms with Gasteiger partial charge in [-0.15, -0.1) is 0 Å². The second-order valence-corrected chi connectivity index (χ2v) is 3.65. The van der Waals surface area contributed by atoms with Gasteiger partial charge in [0.2, 0.25) is 0 Å². The smallest absolute Gasteiger partial charge is 0.326 e. The lowest BCUT2D eigenvalue weighted by atomic mass is 10.2. The highest BCUT2D eigenvalue weighted by Gasteiger charge is 2.23. The number of aryl methyl sites for hydroxylation is 1. The maximum Gasteiger partial charge on any atom is 0.326 e. The van der Waals surface area contributed by atoms with Crippen LogP contribution < -0.4 is 4.90 Å². The highest BCUT2D eigenvalue weighted by Crippen LogP contribution is 2.17. The molecule has 0 aromatic carbocycles. The maximum atomic E-state index is 10.9. The van der Waals surface area contributed by atoms with Gasteiger partial charge in [0, 0.05) is 12.6 Å². The molecule has 2 N–H and O–H groups in total. The molecular formula is C10H14N2O5. The highest BCUT2D eigenvalue weighted by atomic mass is 16.5. The average molecular weight is 242 g/mol. The Bertz CT molecular complexity index is 415. The fourth-order valence-electron chi connectivity index (χ4n) is 1.34. The molecule has 1 aromatic heterocycles. The van der Waals surface area contributed by atoms with Crippen molar-refractivity contribution in [3.8, 4) is 0 Å². The van der Waals surface area contributed by atoms with Crippen molar-refractivity contribution in [1.29, 1.82) is 0 Å². The van der Waals surface area contributed by atoms with Crippen LogP contribution in [0, 0.1) is 6.92 Å². The molecule has 0 amide bonds. The summed E-state index contributed by atoms with van der Waals surface area (Å²) >= 11 is 0. The summed E-state index contributed by atoms with van der Waals surface area (Å²) in [5.74, 6) is -1.17. The Morgan fingerprint density at radius 3 is 2.59 bits per heavy atom. The van der Waals surface area contributed by atoms with Gasteiger partial charge in [0.25, 0.3) is 0 Å². The SMILES string of the molecule is Cc1cc(N(CCC(=O)O)C(C)C(=O)O)no1. The van der Waals surface area contributed by atoms with E-state index in [4.69, 9.17) is 14.7 Å². The van der Waals surface area contributed by atoms with E-state index in [1.165, 1.54) is 11.8 Å². The highest BCUT2D eigenvalue weighted by molar-refractivity contribution is 5.77. The number of hydrogen-bond acceptors (Lipinski definition) is 5. The molecule has 0 bridgehead atoms. The molecule has 0 aliphatic rings. The Labute approximate surface area is 97.6 Å². The average Bonchev–Trinajstić information content (AvgIpc) is 2.64. The zero-order valence-corrected chi connectivity index (χ0v) is 9.58. The molecular weight excluding hydrogens is 228 g/mol. The first-order valence-corrected chi connectivity index (χ1v) is 5.06. The fraction of sp³-hybridized carbons (Fsp3) is 0.500. The predicted molar refractivity (Wildman–Crippen MR) is 57.9 cm³/mol. The quantitative estimate of drug-likeness (QED) is 0.757. The summed E-state index contributed by atoms with van der Waals surface area (Å²) in [6.45, 7) is 3.21. The summed E-state index contributed by atoms with van der Waals surface area (Å²) < 4.78 is 4.85. The van der Waals surface area contributed by atoms with Gasteiger partial charge in [0.1, 0.15) is 11.8 Å². The fourth-order valence-corrected chi connectivity index (χ4v) is 1.34. The number of rotatable bonds is 6. The molecule has 0 fully saturated rings. The molecule has 0 spiro atoms. The third-order valence-corrected chi connectivity index (χ3v) is 2.30. The predicted octanol–water partition coefficient (Wildman–Crippen LogP) is 0.737. The van der Waals surface area contributed by atoms with Crippen molar-refractivity contribution in [2.24, 2.45) is 0 Å². The van der Waals surface area contributed by atoms with E-state index in [-0.39, 0.29) is 13.0 Å². The van der Waals surface area contributed by atoms with Gasteiger partial charge in [-0.1, -0.05) is 5.16 Å². The van der Waals surface area contributed by atoms with Crippen molar-refractivity contribution in [2.75, 3.05) is 11.4 Å². The first-order valence-electron chi connectivity index (χ1n) is 5.06. The van der Waals surface area contributed by atoms with E-state index in [2.05, 4.69) is 5.16 Å². The van der Waals surface area contributed by atoms with Gasteiger partial charge in [0.15, 0.2) is 5.82 Å². The lowest BCUT2D eigenvalue weighted by Gasteiger charge is -2.24. The van der Waals surface area contributed by atoms with Gasteiger partial charge in [-0.25, -0.2) is 4.79 Å². The molecule has 1 rings (SSSR count). The molecule has 1 aromatic rings. The van der Waals surface area contributed by atoms with Crippen LogP contribution in [0.2, 0.25) is 0 Å². The molecule has 1 atom stereocenters. The lowest BCUT2D eigenvalue weighted by Crippen LogP contribution is -2.40.